The molecule has 1 fully saturated rings. The second kappa shape index (κ2) is 8.59. The molecular weight excluding hydrogens is 286 g/mol. The summed E-state index contributed by atoms with van der Waals surface area (Å²) in [6.45, 7) is 2.02. The second-order valence-electron chi connectivity index (χ2n) is 6.02. The molecule has 3 nitrogen and oxygen atoms in total. The van der Waals surface area contributed by atoms with Gasteiger partial charge in [0.1, 0.15) is 24.7 Å². The zero-order chi connectivity index (χ0) is 15.7. The summed E-state index contributed by atoms with van der Waals surface area (Å²) in [7, 11) is 0. The van der Waals surface area contributed by atoms with E-state index in [0.29, 0.717) is 19.3 Å². The quantitative estimate of drug-likeness (QED) is 0.742. The van der Waals surface area contributed by atoms with Crippen LogP contribution in [0.25, 0.3) is 0 Å². The van der Waals surface area contributed by atoms with Gasteiger partial charge in [-0.1, -0.05) is 43.2 Å². The van der Waals surface area contributed by atoms with Crippen LogP contribution in [0.15, 0.2) is 54.6 Å². The SMILES string of the molecule is c1ccc(OCCOc2cccc(CNC3CCCC3)c2)cc1. The van der Waals surface area contributed by atoms with Gasteiger partial charge < -0.3 is 14.8 Å². The van der Waals surface area contributed by atoms with Crippen LogP contribution in [0.4, 0.5) is 0 Å². The van der Waals surface area contributed by atoms with Gasteiger partial charge in [0, 0.05) is 12.6 Å². The van der Waals surface area contributed by atoms with Gasteiger partial charge in [-0.25, -0.2) is 0 Å². The number of benzene rings is 2. The molecule has 1 N–H and O–H groups in total. The molecule has 0 aromatic heterocycles. The summed E-state index contributed by atoms with van der Waals surface area (Å²) in [6, 6.07) is 18.8. The summed E-state index contributed by atoms with van der Waals surface area (Å²) >= 11 is 0. The lowest BCUT2D eigenvalue weighted by molar-refractivity contribution is 0.217. The van der Waals surface area contributed by atoms with Crippen molar-refractivity contribution in [2.24, 2.45) is 0 Å². The molecule has 23 heavy (non-hydrogen) atoms. The van der Waals surface area contributed by atoms with E-state index in [0.717, 1.165) is 18.0 Å². The van der Waals surface area contributed by atoms with Crippen LogP contribution in [0.1, 0.15) is 31.2 Å². The minimum absolute atomic E-state index is 0.550. The zero-order valence-corrected chi connectivity index (χ0v) is 13.5. The number of hydrogen-bond acceptors (Lipinski definition) is 3. The van der Waals surface area contributed by atoms with Crippen LogP contribution in [0, 0.1) is 0 Å². The van der Waals surface area contributed by atoms with Crippen molar-refractivity contribution in [1.82, 2.24) is 5.32 Å². The largest absolute Gasteiger partial charge is 0.490 e. The van der Waals surface area contributed by atoms with Gasteiger partial charge in [0.05, 0.1) is 0 Å². The predicted molar refractivity (Wildman–Crippen MR) is 93.0 cm³/mol. The first-order valence-corrected chi connectivity index (χ1v) is 8.53. The van der Waals surface area contributed by atoms with Gasteiger partial charge >= 0.3 is 0 Å². The first kappa shape index (κ1) is 15.9. The van der Waals surface area contributed by atoms with Crippen LogP contribution in [0.5, 0.6) is 11.5 Å². The topological polar surface area (TPSA) is 30.5 Å². The summed E-state index contributed by atoms with van der Waals surface area (Å²) < 4.78 is 11.4. The van der Waals surface area contributed by atoms with E-state index in [1.807, 2.05) is 36.4 Å². The predicted octanol–water partition coefficient (Wildman–Crippen LogP) is 4.18. The van der Waals surface area contributed by atoms with E-state index in [4.69, 9.17) is 9.47 Å². The molecule has 1 aliphatic carbocycles. The fourth-order valence-corrected chi connectivity index (χ4v) is 2.97. The molecule has 2 aromatic rings. The average molecular weight is 311 g/mol. The van der Waals surface area contributed by atoms with Crippen molar-refractivity contribution < 1.29 is 9.47 Å². The number of para-hydroxylation sites is 1. The normalized spacial score (nSPS) is 14.8. The van der Waals surface area contributed by atoms with Crippen molar-refractivity contribution in [3.63, 3.8) is 0 Å². The molecule has 0 heterocycles. The second-order valence-corrected chi connectivity index (χ2v) is 6.02. The highest BCUT2D eigenvalue weighted by Gasteiger charge is 2.13. The highest BCUT2D eigenvalue weighted by Crippen LogP contribution is 2.19. The highest BCUT2D eigenvalue weighted by atomic mass is 16.5. The summed E-state index contributed by atoms with van der Waals surface area (Å²) in [5.41, 5.74) is 1.28. The lowest BCUT2D eigenvalue weighted by Crippen LogP contribution is -2.25. The Morgan fingerprint density at radius 1 is 0.826 bits per heavy atom. The Hall–Kier alpha value is -2.00. The van der Waals surface area contributed by atoms with E-state index in [9.17, 15) is 0 Å². The van der Waals surface area contributed by atoms with Gasteiger partial charge in [0.2, 0.25) is 0 Å². The average Bonchev–Trinajstić information content (AvgIpc) is 3.12. The van der Waals surface area contributed by atoms with Crippen LogP contribution in [-0.4, -0.2) is 19.3 Å². The molecule has 0 bridgehead atoms. The summed E-state index contributed by atoms with van der Waals surface area (Å²) in [5, 5.41) is 3.63. The van der Waals surface area contributed by atoms with E-state index in [-0.39, 0.29) is 0 Å². The molecule has 0 aliphatic heterocycles. The Morgan fingerprint density at radius 2 is 1.52 bits per heavy atom. The number of ether oxygens (including phenoxy) is 2. The molecule has 0 saturated heterocycles. The van der Waals surface area contributed by atoms with Gasteiger partial charge in [0.25, 0.3) is 0 Å². The maximum Gasteiger partial charge on any atom is 0.122 e. The molecule has 2 aromatic carbocycles. The maximum absolute atomic E-state index is 5.79. The molecule has 0 unspecified atom stereocenters. The Bertz CT molecular complexity index is 579. The fourth-order valence-electron chi connectivity index (χ4n) is 2.97. The first-order valence-electron chi connectivity index (χ1n) is 8.53. The van der Waals surface area contributed by atoms with E-state index in [1.54, 1.807) is 0 Å². The molecule has 3 heteroatoms. The summed E-state index contributed by atoms with van der Waals surface area (Å²) in [4.78, 5) is 0. The van der Waals surface area contributed by atoms with E-state index in [2.05, 4.69) is 23.5 Å². The third-order valence-electron chi connectivity index (χ3n) is 4.21. The number of hydrogen-bond donors (Lipinski definition) is 1. The van der Waals surface area contributed by atoms with Gasteiger partial charge in [-0.15, -0.1) is 0 Å². The third-order valence-corrected chi connectivity index (χ3v) is 4.21. The van der Waals surface area contributed by atoms with Crippen LogP contribution in [0.2, 0.25) is 0 Å². The highest BCUT2D eigenvalue weighted by molar-refractivity contribution is 5.28. The van der Waals surface area contributed by atoms with Crippen LogP contribution >= 0.6 is 0 Å². The van der Waals surface area contributed by atoms with Gasteiger partial charge in [-0.05, 0) is 42.7 Å². The minimum Gasteiger partial charge on any atom is -0.490 e. The maximum atomic E-state index is 5.79. The van der Waals surface area contributed by atoms with Gasteiger partial charge in [-0.2, -0.15) is 0 Å². The molecular formula is C20H25NO2. The first-order chi connectivity index (χ1) is 11.4. The lowest BCUT2D eigenvalue weighted by Gasteiger charge is -2.13. The van der Waals surface area contributed by atoms with Crippen LogP contribution in [-0.2, 0) is 6.54 Å². The fraction of sp³-hybridized carbons (Fsp3) is 0.400. The smallest absolute Gasteiger partial charge is 0.122 e. The van der Waals surface area contributed by atoms with Crippen LogP contribution in [0.3, 0.4) is 0 Å². The third kappa shape index (κ3) is 5.29. The molecule has 1 aliphatic rings. The Labute approximate surface area is 138 Å². The van der Waals surface area contributed by atoms with Gasteiger partial charge in [0.15, 0.2) is 0 Å². The van der Waals surface area contributed by atoms with E-state index in [1.165, 1.54) is 31.2 Å². The monoisotopic (exact) mass is 311 g/mol. The summed E-state index contributed by atoms with van der Waals surface area (Å²) in [6.07, 6.45) is 5.35. The molecule has 0 radical (unpaired) electrons. The molecule has 3 rings (SSSR count). The van der Waals surface area contributed by atoms with Crippen molar-refractivity contribution in [2.75, 3.05) is 13.2 Å². The molecule has 1 saturated carbocycles. The van der Waals surface area contributed by atoms with Crippen molar-refractivity contribution in [1.29, 1.82) is 0 Å². The standard InChI is InChI=1S/C20H25NO2/c1-2-10-19(11-3-1)22-13-14-23-20-12-6-7-17(15-20)16-21-18-8-4-5-9-18/h1-3,6-7,10-12,15,18,21H,4-5,8-9,13-14,16H2. The van der Waals surface area contributed by atoms with Crippen molar-refractivity contribution in [3.8, 4) is 11.5 Å². The number of nitrogens with one attached hydrogen (secondary N) is 1. The van der Waals surface area contributed by atoms with Crippen molar-refractivity contribution >= 4 is 0 Å². The Balaban J connectivity index is 1.40. The Morgan fingerprint density at radius 3 is 2.30 bits per heavy atom. The minimum atomic E-state index is 0.550. The zero-order valence-electron chi connectivity index (χ0n) is 13.5. The van der Waals surface area contributed by atoms with Crippen molar-refractivity contribution in [3.05, 3.63) is 60.2 Å². The number of rotatable bonds is 8. The lowest BCUT2D eigenvalue weighted by atomic mass is 10.2. The van der Waals surface area contributed by atoms with Crippen LogP contribution < -0.4 is 14.8 Å². The van der Waals surface area contributed by atoms with E-state index < -0.39 is 0 Å². The molecule has 0 amide bonds. The van der Waals surface area contributed by atoms with Gasteiger partial charge in [-0.3, -0.25) is 0 Å². The van der Waals surface area contributed by atoms with E-state index >= 15 is 0 Å². The molecule has 0 spiro atoms. The summed E-state index contributed by atoms with van der Waals surface area (Å²) in [5.74, 6) is 1.79. The Kier molecular flexibility index (Phi) is 5.93. The van der Waals surface area contributed by atoms with Crippen molar-refractivity contribution in [2.45, 2.75) is 38.3 Å². The molecule has 0 atom stereocenters. The molecule has 122 valence electrons.